The van der Waals surface area contributed by atoms with Crippen LogP contribution in [0.3, 0.4) is 0 Å². The fourth-order valence-corrected chi connectivity index (χ4v) is 1.68. The zero-order valence-electron chi connectivity index (χ0n) is 11.0. The average Bonchev–Trinajstić information content (AvgIpc) is 2.34. The topological polar surface area (TPSA) is 26.3 Å². The molecule has 0 heterocycles. The molecule has 0 spiro atoms. The summed E-state index contributed by atoms with van der Waals surface area (Å²) in [5, 5.41) is 0. The third kappa shape index (κ3) is 5.14. The summed E-state index contributed by atoms with van der Waals surface area (Å²) < 4.78 is 5.62. The number of benzene rings is 1. The second kappa shape index (κ2) is 7.23. The number of carbonyl (C=O) groups is 1. The number of Topliss-reactive ketones (excluding diaryl/α,β-unsaturated/α-hetero) is 1. The van der Waals surface area contributed by atoms with Gasteiger partial charge in [-0.05, 0) is 38.7 Å². The first-order valence-corrected chi connectivity index (χ1v) is 6.35. The molecule has 0 radical (unpaired) electrons. The minimum atomic E-state index is 0.121. The van der Waals surface area contributed by atoms with Gasteiger partial charge in [0.15, 0.2) is 5.78 Å². The summed E-state index contributed by atoms with van der Waals surface area (Å²) >= 11 is 0. The van der Waals surface area contributed by atoms with Crippen LogP contribution in [0.4, 0.5) is 0 Å². The van der Waals surface area contributed by atoms with Crippen molar-refractivity contribution in [3.63, 3.8) is 0 Å². The van der Waals surface area contributed by atoms with Crippen molar-refractivity contribution in [3.8, 4) is 0 Å². The quantitative estimate of drug-likeness (QED) is 0.673. The van der Waals surface area contributed by atoms with Gasteiger partial charge >= 0.3 is 0 Å². The molecule has 2 nitrogen and oxygen atoms in total. The van der Waals surface area contributed by atoms with Crippen LogP contribution in [0.25, 0.3) is 0 Å². The van der Waals surface area contributed by atoms with E-state index in [2.05, 4.69) is 13.8 Å². The molecule has 0 fully saturated rings. The van der Waals surface area contributed by atoms with Crippen molar-refractivity contribution in [3.05, 3.63) is 35.4 Å². The van der Waals surface area contributed by atoms with Gasteiger partial charge in [0, 0.05) is 12.2 Å². The van der Waals surface area contributed by atoms with Crippen LogP contribution in [0.5, 0.6) is 0 Å². The molecule has 0 saturated carbocycles. The summed E-state index contributed by atoms with van der Waals surface area (Å²) in [5.74, 6) is 0.121. The lowest BCUT2D eigenvalue weighted by Crippen LogP contribution is -2.10. The molecule has 0 aliphatic carbocycles. The van der Waals surface area contributed by atoms with E-state index in [0.717, 1.165) is 31.4 Å². The highest BCUT2D eigenvalue weighted by Gasteiger charge is 2.03. The monoisotopic (exact) mass is 234 g/mol. The normalized spacial score (nSPS) is 12.4. The number of hydrogen-bond acceptors (Lipinski definition) is 2. The predicted molar refractivity (Wildman–Crippen MR) is 70.5 cm³/mol. The molecule has 1 aromatic carbocycles. The lowest BCUT2D eigenvalue weighted by atomic mass is 10.0. The molecular weight excluding hydrogens is 212 g/mol. The molecule has 94 valence electrons. The summed E-state index contributed by atoms with van der Waals surface area (Å²) in [6.45, 7) is 6.66. The molecule has 17 heavy (non-hydrogen) atoms. The summed E-state index contributed by atoms with van der Waals surface area (Å²) in [7, 11) is 0. The van der Waals surface area contributed by atoms with E-state index in [0.29, 0.717) is 6.10 Å². The average molecular weight is 234 g/mol. The Morgan fingerprint density at radius 2 is 1.94 bits per heavy atom. The highest BCUT2D eigenvalue weighted by atomic mass is 16.5. The van der Waals surface area contributed by atoms with Crippen molar-refractivity contribution in [1.29, 1.82) is 0 Å². The van der Waals surface area contributed by atoms with Crippen molar-refractivity contribution in [2.75, 3.05) is 6.61 Å². The number of hydrogen-bond donors (Lipinski definition) is 0. The Bertz CT molecular complexity index is 340. The van der Waals surface area contributed by atoms with Crippen LogP contribution in [0.1, 0.15) is 49.5 Å². The van der Waals surface area contributed by atoms with E-state index in [4.69, 9.17) is 4.74 Å². The van der Waals surface area contributed by atoms with Crippen molar-refractivity contribution >= 4 is 5.78 Å². The van der Waals surface area contributed by atoms with Crippen molar-refractivity contribution in [2.45, 2.75) is 46.1 Å². The second-order valence-corrected chi connectivity index (χ2v) is 4.47. The van der Waals surface area contributed by atoms with Crippen LogP contribution in [0.2, 0.25) is 0 Å². The minimum Gasteiger partial charge on any atom is -0.379 e. The van der Waals surface area contributed by atoms with Gasteiger partial charge in [0.25, 0.3) is 0 Å². The Balaban J connectivity index is 2.39. The molecule has 0 aliphatic rings. The predicted octanol–water partition coefficient (Wildman–Crippen LogP) is 3.64. The molecule has 1 aromatic rings. The molecule has 0 saturated heterocycles. The third-order valence-corrected chi connectivity index (χ3v) is 2.81. The van der Waals surface area contributed by atoms with Crippen LogP contribution in [0.15, 0.2) is 24.3 Å². The molecule has 1 unspecified atom stereocenters. The molecule has 0 amide bonds. The molecule has 0 bridgehead atoms. The van der Waals surface area contributed by atoms with E-state index in [-0.39, 0.29) is 5.78 Å². The SMILES string of the molecule is CCCOC(C)CCc1ccc(C(C)=O)cc1. The summed E-state index contributed by atoms with van der Waals surface area (Å²) in [6.07, 6.45) is 3.41. The van der Waals surface area contributed by atoms with E-state index in [9.17, 15) is 4.79 Å². The maximum absolute atomic E-state index is 11.1. The number of aryl methyl sites for hydroxylation is 1. The van der Waals surface area contributed by atoms with Gasteiger partial charge in [-0.25, -0.2) is 0 Å². The maximum atomic E-state index is 11.1. The fraction of sp³-hybridized carbons (Fsp3) is 0.533. The van der Waals surface area contributed by atoms with Gasteiger partial charge in [-0.2, -0.15) is 0 Å². The van der Waals surface area contributed by atoms with E-state index >= 15 is 0 Å². The molecule has 0 N–H and O–H groups in total. The Morgan fingerprint density at radius 1 is 1.29 bits per heavy atom. The van der Waals surface area contributed by atoms with Crippen LogP contribution < -0.4 is 0 Å². The van der Waals surface area contributed by atoms with Gasteiger partial charge in [-0.3, -0.25) is 4.79 Å². The van der Waals surface area contributed by atoms with Crippen LogP contribution >= 0.6 is 0 Å². The van der Waals surface area contributed by atoms with E-state index < -0.39 is 0 Å². The lowest BCUT2D eigenvalue weighted by molar-refractivity contribution is 0.0610. The Morgan fingerprint density at radius 3 is 2.47 bits per heavy atom. The van der Waals surface area contributed by atoms with E-state index in [1.807, 2.05) is 24.3 Å². The molecule has 1 atom stereocenters. The van der Waals surface area contributed by atoms with Gasteiger partial charge in [0.1, 0.15) is 0 Å². The Kier molecular flexibility index (Phi) is 5.92. The van der Waals surface area contributed by atoms with Gasteiger partial charge in [-0.15, -0.1) is 0 Å². The number of ether oxygens (including phenoxy) is 1. The summed E-state index contributed by atoms with van der Waals surface area (Å²) in [5.41, 5.74) is 2.05. The lowest BCUT2D eigenvalue weighted by Gasteiger charge is -2.12. The summed E-state index contributed by atoms with van der Waals surface area (Å²) in [4.78, 5) is 11.1. The molecule has 0 aliphatic heterocycles. The van der Waals surface area contributed by atoms with E-state index in [1.165, 1.54) is 5.56 Å². The first kappa shape index (κ1) is 13.9. The Hall–Kier alpha value is -1.15. The summed E-state index contributed by atoms with van der Waals surface area (Å²) in [6, 6.07) is 7.86. The smallest absolute Gasteiger partial charge is 0.159 e. The van der Waals surface area contributed by atoms with Crippen molar-refractivity contribution in [1.82, 2.24) is 0 Å². The van der Waals surface area contributed by atoms with Gasteiger partial charge in [0.2, 0.25) is 0 Å². The van der Waals surface area contributed by atoms with Gasteiger partial charge in [0.05, 0.1) is 6.10 Å². The largest absolute Gasteiger partial charge is 0.379 e. The van der Waals surface area contributed by atoms with Crippen LogP contribution in [-0.4, -0.2) is 18.5 Å². The number of carbonyl (C=O) groups excluding carboxylic acids is 1. The highest BCUT2D eigenvalue weighted by molar-refractivity contribution is 5.93. The third-order valence-electron chi connectivity index (χ3n) is 2.81. The zero-order valence-corrected chi connectivity index (χ0v) is 11.0. The molecule has 2 heteroatoms. The second-order valence-electron chi connectivity index (χ2n) is 4.47. The first-order chi connectivity index (χ1) is 8.13. The number of rotatable bonds is 7. The fourth-order valence-electron chi connectivity index (χ4n) is 1.68. The van der Waals surface area contributed by atoms with Crippen LogP contribution in [0, 0.1) is 0 Å². The Labute approximate surface area is 104 Å². The van der Waals surface area contributed by atoms with E-state index in [1.54, 1.807) is 6.92 Å². The maximum Gasteiger partial charge on any atom is 0.159 e. The van der Waals surface area contributed by atoms with Crippen molar-refractivity contribution in [2.24, 2.45) is 0 Å². The first-order valence-electron chi connectivity index (χ1n) is 6.35. The minimum absolute atomic E-state index is 0.121. The van der Waals surface area contributed by atoms with Gasteiger partial charge in [-0.1, -0.05) is 31.2 Å². The van der Waals surface area contributed by atoms with Gasteiger partial charge < -0.3 is 4.74 Å². The molecule has 1 rings (SSSR count). The zero-order chi connectivity index (χ0) is 12.7. The van der Waals surface area contributed by atoms with Crippen LogP contribution in [-0.2, 0) is 11.2 Å². The molecular formula is C15H22O2. The highest BCUT2D eigenvalue weighted by Crippen LogP contribution is 2.10. The standard InChI is InChI=1S/C15H22O2/c1-4-11-17-12(2)5-6-14-7-9-15(10-8-14)13(3)16/h7-10,12H,4-6,11H2,1-3H3. The molecule has 0 aromatic heterocycles. The number of ketones is 1. The van der Waals surface area contributed by atoms with Crippen molar-refractivity contribution < 1.29 is 9.53 Å².